The fourth-order valence-electron chi connectivity index (χ4n) is 2.81. The molecule has 1 aromatic carbocycles. The Morgan fingerprint density at radius 3 is 2.63 bits per heavy atom. The molecule has 0 amide bonds. The monoisotopic (exact) mass is 260 g/mol. The van der Waals surface area contributed by atoms with Crippen molar-refractivity contribution in [2.24, 2.45) is 0 Å². The first-order valence-corrected chi connectivity index (χ1v) is 7.56. The van der Waals surface area contributed by atoms with Crippen LogP contribution < -0.4 is 10.2 Å². The third-order valence-electron chi connectivity index (χ3n) is 3.98. The summed E-state index contributed by atoms with van der Waals surface area (Å²) in [6.45, 7) is 12.7. The predicted octanol–water partition coefficient (Wildman–Crippen LogP) is 3.56. The average Bonchev–Trinajstić information content (AvgIpc) is 2.33. The lowest BCUT2D eigenvalue weighted by atomic mass is 9.85. The van der Waals surface area contributed by atoms with Gasteiger partial charge in [-0.15, -0.1) is 0 Å². The molecular weight excluding hydrogens is 232 g/mol. The van der Waals surface area contributed by atoms with Crippen LogP contribution in [0.2, 0.25) is 0 Å². The molecule has 0 bridgehead atoms. The Morgan fingerprint density at radius 2 is 1.89 bits per heavy atom. The first kappa shape index (κ1) is 14.4. The van der Waals surface area contributed by atoms with Gasteiger partial charge in [-0.3, -0.25) is 0 Å². The molecule has 1 aliphatic rings. The summed E-state index contributed by atoms with van der Waals surface area (Å²) in [6.07, 6.45) is 2.45. The van der Waals surface area contributed by atoms with Crippen LogP contribution >= 0.6 is 0 Å². The van der Waals surface area contributed by atoms with Gasteiger partial charge in [0, 0.05) is 24.8 Å². The summed E-state index contributed by atoms with van der Waals surface area (Å²) in [5.41, 5.74) is 3.11. The molecular formula is C17H28N2. The minimum absolute atomic E-state index is 0.211. The number of benzene rings is 1. The molecule has 19 heavy (non-hydrogen) atoms. The van der Waals surface area contributed by atoms with Crippen molar-refractivity contribution in [1.29, 1.82) is 0 Å². The number of rotatable bonds is 1. The summed E-state index contributed by atoms with van der Waals surface area (Å²) >= 11 is 0. The Bertz CT molecular complexity index is 406. The lowest BCUT2D eigenvalue weighted by Gasteiger charge is -2.34. The van der Waals surface area contributed by atoms with E-state index >= 15 is 0 Å². The van der Waals surface area contributed by atoms with Crippen molar-refractivity contribution in [3.05, 3.63) is 29.8 Å². The van der Waals surface area contributed by atoms with Gasteiger partial charge in [-0.2, -0.15) is 0 Å². The second-order valence-corrected chi connectivity index (χ2v) is 6.75. The van der Waals surface area contributed by atoms with E-state index in [2.05, 4.69) is 62.2 Å². The largest absolute Gasteiger partial charge is 0.371 e. The van der Waals surface area contributed by atoms with E-state index in [4.69, 9.17) is 0 Å². The highest BCUT2D eigenvalue weighted by Crippen LogP contribution is 2.32. The second-order valence-electron chi connectivity index (χ2n) is 6.75. The maximum atomic E-state index is 3.57. The van der Waals surface area contributed by atoms with E-state index in [0.29, 0.717) is 6.04 Å². The van der Waals surface area contributed by atoms with Crippen molar-refractivity contribution in [1.82, 2.24) is 5.32 Å². The minimum atomic E-state index is 0.211. The molecule has 0 radical (unpaired) electrons. The fraction of sp³-hybridized carbons (Fsp3) is 0.647. The number of nitrogens with zero attached hydrogens (tertiary/aromatic N) is 1. The lowest BCUT2D eigenvalue weighted by molar-refractivity contribution is 0.473. The quantitative estimate of drug-likeness (QED) is 0.830. The molecule has 1 atom stereocenters. The molecule has 2 rings (SSSR count). The standard InChI is InChI=1S/C17H28N2/c1-14-10-13-19(12-7-11-18-14)16-9-6-5-8-15(16)17(2,3)4/h5-6,8-9,14,18H,7,10-13H2,1-4H3. The summed E-state index contributed by atoms with van der Waals surface area (Å²) in [6, 6.07) is 9.55. The van der Waals surface area contributed by atoms with Crippen molar-refractivity contribution < 1.29 is 0 Å². The van der Waals surface area contributed by atoms with E-state index < -0.39 is 0 Å². The van der Waals surface area contributed by atoms with E-state index in [0.717, 1.165) is 19.6 Å². The van der Waals surface area contributed by atoms with Gasteiger partial charge in [0.1, 0.15) is 0 Å². The molecule has 2 nitrogen and oxygen atoms in total. The van der Waals surface area contributed by atoms with Crippen molar-refractivity contribution in [2.75, 3.05) is 24.5 Å². The highest BCUT2D eigenvalue weighted by atomic mass is 15.1. The zero-order valence-electron chi connectivity index (χ0n) is 12.9. The van der Waals surface area contributed by atoms with E-state index in [1.54, 1.807) is 0 Å². The number of nitrogens with one attached hydrogen (secondary N) is 1. The fourth-order valence-corrected chi connectivity index (χ4v) is 2.81. The van der Waals surface area contributed by atoms with Crippen molar-refractivity contribution >= 4 is 5.69 Å². The second kappa shape index (κ2) is 5.96. The van der Waals surface area contributed by atoms with Crippen LogP contribution in [0.15, 0.2) is 24.3 Å². The number of hydrogen-bond acceptors (Lipinski definition) is 2. The summed E-state index contributed by atoms with van der Waals surface area (Å²) in [5.74, 6) is 0. The first-order valence-electron chi connectivity index (χ1n) is 7.56. The van der Waals surface area contributed by atoms with E-state index in [1.807, 2.05) is 0 Å². The normalized spacial score (nSPS) is 21.9. The lowest BCUT2D eigenvalue weighted by Crippen LogP contribution is -2.39. The predicted molar refractivity (Wildman–Crippen MR) is 84.1 cm³/mol. The Labute approximate surface area is 118 Å². The van der Waals surface area contributed by atoms with Gasteiger partial charge >= 0.3 is 0 Å². The molecule has 0 spiro atoms. The summed E-state index contributed by atoms with van der Waals surface area (Å²) in [5, 5.41) is 3.57. The number of hydrogen-bond donors (Lipinski definition) is 1. The molecule has 1 saturated heterocycles. The van der Waals surface area contributed by atoms with E-state index in [1.165, 1.54) is 24.1 Å². The summed E-state index contributed by atoms with van der Waals surface area (Å²) in [7, 11) is 0. The zero-order valence-corrected chi connectivity index (χ0v) is 12.9. The smallest absolute Gasteiger partial charge is 0.0404 e. The van der Waals surface area contributed by atoms with Crippen molar-refractivity contribution in [2.45, 2.75) is 52.0 Å². The van der Waals surface area contributed by atoms with Gasteiger partial charge < -0.3 is 10.2 Å². The molecule has 2 heteroatoms. The van der Waals surface area contributed by atoms with Gasteiger partial charge in [-0.05, 0) is 43.4 Å². The van der Waals surface area contributed by atoms with Gasteiger partial charge in [-0.25, -0.2) is 0 Å². The molecule has 0 aromatic heterocycles. The Morgan fingerprint density at radius 1 is 1.16 bits per heavy atom. The molecule has 0 aliphatic carbocycles. The Balaban J connectivity index is 2.24. The third kappa shape index (κ3) is 3.73. The van der Waals surface area contributed by atoms with Crippen LogP contribution in [0.3, 0.4) is 0 Å². The average molecular weight is 260 g/mol. The maximum Gasteiger partial charge on any atom is 0.0404 e. The first-order chi connectivity index (χ1) is 8.98. The number of para-hydroxylation sites is 1. The highest BCUT2D eigenvalue weighted by molar-refractivity contribution is 5.56. The maximum absolute atomic E-state index is 3.57. The van der Waals surface area contributed by atoms with Gasteiger partial charge in [0.15, 0.2) is 0 Å². The van der Waals surface area contributed by atoms with E-state index in [-0.39, 0.29) is 5.41 Å². The van der Waals surface area contributed by atoms with Crippen LogP contribution in [0, 0.1) is 0 Å². The SMILES string of the molecule is CC1CCN(c2ccccc2C(C)(C)C)CCCN1. The zero-order chi connectivity index (χ0) is 13.9. The summed E-state index contributed by atoms with van der Waals surface area (Å²) in [4.78, 5) is 2.58. The van der Waals surface area contributed by atoms with Crippen LogP contribution in [0.25, 0.3) is 0 Å². The van der Waals surface area contributed by atoms with Gasteiger partial charge in [0.2, 0.25) is 0 Å². The van der Waals surface area contributed by atoms with Crippen molar-refractivity contribution in [3.8, 4) is 0 Å². The molecule has 1 fully saturated rings. The molecule has 106 valence electrons. The molecule has 1 N–H and O–H groups in total. The molecule has 1 unspecified atom stereocenters. The van der Waals surface area contributed by atoms with Crippen molar-refractivity contribution in [3.63, 3.8) is 0 Å². The van der Waals surface area contributed by atoms with Crippen LogP contribution in [0.4, 0.5) is 5.69 Å². The Kier molecular flexibility index (Phi) is 4.51. The highest BCUT2D eigenvalue weighted by Gasteiger charge is 2.21. The summed E-state index contributed by atoms with van der Waals surface area (Å²) < 4.78 is 0. The topological polar surface area (TPSA) is 15.3 Å². The van der Waals surface area contributed by atoms with Crippen LogP contribution in [-0.2, 0) is 5.41 Å². The van der Waals surface area contributed by atoms with Crippen LogP contribution in [0.1, 0.15) is 46.1 Å². The van der Waals surface area contributed by atoms with Crippen LogP contribution in [-0.4, -0.2) is 25.7 Å². The van der Waals surface area contributed by atoms with E-state index in [9.17, 15) is 0 Å². The van der Waals surface area contributed by atoms with Gasteiger partial charge in [0.25, 0.3) is 0 Å². The van der Waals surface area contributed by atoms with Crippen LogP contribution in [0.5, 0.6) is 0 Å². The number of anilines is 1. The Hall–Kier alpha value is -1.02. The minimum Gasteiger partial charge on any atom is -0.371 e. The molecule has 1 aromatic rings. The van der Waals surface area contributed by atoms with Gasteiger partial charge in [0.05, 0.1) is 0 Å². The third-order valence-corrected chi connectivity index (χ3v) is 3.98. The van der Waals surface area contributed by atoms with Gasteiger partial charge in [-0.1, -0.05) is 39.0 Å². The molecule has 0 saturated carbocycles. The molecule has 1 heterocycles. The molecule has 1 aliphatic heterocycles.